The van der Waals surface area contributed by atoms with Gasteiger partial charge in [0.2, 0.25) is 0 Å². The second-order valence-corrected chi connectivity index (χ2v) is 2.61. The first kappa shape index (κ1) is 8.30. The average molecular weight is 168 g/mol. The fourth-order valence-electron chi connectivity index (χ4n) is 0.853. The van der Waals surface area contributed by atoms with Gasteiger partial charge in [-0.3, -0.25) is 4.79 Å². The molecule has 1 N–H and O–H groups in total. The lowest BCUT2D eigenvalue weighted by Crippen LogP contribution is -1.94. The van der Waals surface area contributed by atoms with E-state index in [1.807, 2.05) is 0 Å². The minimum atomic E-state index is -0.878. The van der Waals surface area contributed by atoms with Gasteiger partial charge < -0.3 is 5.11 Å². The smallest absolute Gasteiger partial charge is 0.150 e. The summed E-state index contributed by atoms with van der Waals surface area (Å²) in [6.45, 7) is 0. The predicted octanol–water partition coefficient (Wildman–Crippen LogP) is 1.42. The minimum absolute atomic E-state index is 0.481. The molecular formula is C8H8O2S. The molecule has 1 atom stereocenters. The number of carbonyl (C=O) groups excluding carboxylic acids is 1. The Bertz CT molecular complexity index is 258. The molecule has 0 saturated carbocycles. The maximum atomic E-state index is 10.4. The summed E-state index contributed by atoms with van der Waals surface area (Å²) >= 11 is 3.81. The van der Waals surface area contributed by atoms with E-state index in [1.165, 1.54) is 0 Å². The second kappa shape index (κ2) is 3.55. The first-order valence-corrected chi connectivity index (χ1v) is 3.67. The van der Waals surface area contributed by atoms with Crippen LogP contribution in [0.3, 0.4) is 0 Å². The van der Waals surface area contributed by atoms with E-state index in [0.717, 1.165) is 0 Å². The quantitative estimate of drug-likeness (QED) is 0.398. The Labute approximate surface area is 70.3 Å². The Morgan fingerprint density at radius 3 is 2.55 bits per heavy atom. The maximum Gasteiger partial charge on any atom is 0.150 e. The van der Waals surface area contributed by atoms with Crippen LogP contribution in [-0.4, -0.2) is 11.4 Å². The molecule has 0 aromatic heterocycles. The van der Waals surface area contributed by atoms with Crippen LogP contribution in [0.4, 0.5) is 0 Å². The zero-order chi connectivity index (χ0) is 8.27. The van der Waals surface area contributed by atoms with E-state index in [-0.39, 0.29) is 0 Å². The van der Waals surface area contributed by atoms with E-state index in [9.17, 15) is 4.79 Å². The summed E-state index contributed by atoms with van der Waals surface area (Å²) in [5, 5.41) is 9.04. The SMILES string of the molecule is O=Cc1ccccc1C(O)S. The number of aldehydes is 1. The molecule has 2 nitrogen and oxygen atoms in total. The third-order valence-corrected chi connectivity index (χ3v) is 1.68. The topological polar surface area (TPSA) is 37.3 Å². The van der Waals surface area contributed by atoms with E-state index < -0.39 is 5.44 Å². The standard InChI is InChI=1S/C8H8O2S/c9-5-6-3-1-2-4-7(6)8(10)11/h1-5,8,10-11H. The molecule has 11 heavy (non-hydrogen) atoms. The molecule has 0 radical (unpaired) electrons. The summed E-state index contributed by atoms with van der Waals surface area (Å²) in [4.78, 5) is 10.4. The Morgan fingerprint density at radius 1 is 1.45 bits per heavy atom. The number of aliphatic hydroxyl groups is 1. The van der Waals surface area contributed by atoms with Gasteiger partial charge in [0.05, 0.1) is 0 Å². The molecule has 0 aliphatic carbocycles. The van der Waals surface area contributed by atoms with Crippen LogP contribution >= 0.6 is 12.6 Å². The van der Waals surface area contributed by atoms with Crippen LogP contribution in [0.5, 0.6) is 0 Å². The van der Waals surface area contributed by atoms with E-state index in [0.29, 0.717) is 17.4 Å². The lowest BCUT2D eigenvalue weighted by molar-refractivity contribution is 0.112. The zero-order valence-corrected chi connectivity index (χ0v) is 6.66. The summed E-state index contributed by atoms with van der Waals surface area (Å²) in [5.74, 6) is 0. The summed E-state index contributed by atoms with van der Waals surface area (Å²) in [5.41, 5.74) is 0.150. The van der Waals surface area contributed by atoms with Crippen molar-refractivity contribution in [2.24, 2.45) is 0 Å². The van der Waals surface area contributed by atoms with Crippen molar-refractivity contribution in [3.63, 3.8) is 0 Å². The second-order valence-electron chi connectivity index (χ2n) is 2.12. The van der Waals surface area contributed by atoms with Crippen molar-refractivity contribution in [1.29, 1.82) is 0 Å². The Kier molecular flexibility index (Phi) is 2.68. The van der Waals surface area contributed by atoms with Crippen molar-refractivity contribution in [3.05, 3.63) is 35.4 Å². The molecule has 0 heterocycles. The lowest BCUT2D eigenvalue weighted by Gasteiger charge is -2.04. The van der Waals surface area contributed by atoms with Gasteiger partial charge in [-0.25, -0.2) is 0 Å². The first-order valence-electron chi connectivity index (χ1n) is 3.16. The van der Waals surface area contributed by atoms with Gasteiger partial charge in [0.1, 0.15) is 11.7 Å². The normalized spacial score (nSPS) is 12.5. The van der Waals surface area contributed by atoms with Crippen molar-refractivity contribution in [1.82, 2.24) is 0 Å². The molecule has 1 unspecified atom stereocenters. The molecule has 1 aromatic rings. The monoisotopic (exact) mass is 168 g/mol. The van der Waals surface area contributed by atoms with Gasteiger partial charge in [0.25, 0.3) is 0 Å². The summed E-state index contributed by atoms with van der Waals surface area (Å²) < 4.78 is 0. The predicted molar refractivity (Wildman–Crippen MR) is 45.8 cm³/mol. The molecular weight excluding hydrogens is 160 g/mol. The van der Waals surface area contributed by atoms with Crippen molar-refractivity contribution >= 4 is 18.9 Å². The molecule has 1 aromatic carbocycles. The van der Waals surface area contributed by atoms with Crippen molar-refractivity contribution in [3.8, 4) is 0 Å². The summed E-state index contributed by atoms with van der Waals surface area (Å²) in [6.07, 6.45) is 0.703. The highest BCUT2D eigenvalue weighted by Gasteiger charge is 2.05. The van der Waals surface area contributed by atoms with Crippen molar-refractivity contribution in [2.75, 3.05) is 0 Å². The van der Waals surface area contributed by atoms with E-state index in [1.54, 1.807) is 24.3 Å². The number of benzene rings is 1. The molecule has 0 aliphatic heterocycles. The number of thiol groups is 1. The third kappa shape index (κ3) is 1.82. The van der Waals surface area contributed by atoms with Crippen molar-refractivity contribution in [2.45, 2.75) is 5.44 Å². The van der Waals surface area contributed by atoms with Crippen LogP contribution in [0, 0.1) is 0 Å². The van der Waals surface area contributed by atoms with Gasteiger partial charge in [-0.2, -0.15) is 0 Å². The highest BCUT2D eigenvalue weighted by Crippen LogP contribution is 2.18. The van der Waals surface area contributed by atoms with E-state index >= 15 is 0 Å². The van der Waals surface area contributed by atoms with Gasteiger partial charge in [-0.15, -0.1) is 12.6 Å². The molecule has 0 aliphatic rings. The zero-order valence-electron chi connectivity index (χ0n) is 5.77. The third-order valence-electron chi connectivity index (χ3n) is 1.40. The Hall–Kier alpha value is -0.800. The minimum Gasteiger partial charge on any atom is -0.378 e. The fraction of sp³-hybridized carbons (Fsp3) is 0.125. The van der Waals surface area contributed by atoms with Crippen LogP contribution in [0.15, 0.2) is 24.3 Å². The largest absolute Gasteiger partial charge is 0.378 e. The van der Waals surface area contributed by atoms with Gasteiger partial charge in [0.15, 0.2) is 0 Å². The molecule has 0 amide bonds. The van der Waals surface area contributed by atoms with Crippen LogP contribution in [0.2, 0.25) is 0 Å². The average Bonchev–Trinajstić information content (AvgIpc) is 2.04. The van der Waals surface area contributed by atoms with Crippen LogP contribution in [0.25, 0.3) is 0 Å². The van der Waals surface area contributed by atoms with E-state index in [4.69, 9.17) is 5.11 Å². The van der Waals surface area contributed by atoms with Gasteiger partial charge in [-0.05, 0) is 0 Å². The number of hydrogen-bond donors (Lipinski definition) is 2. The number of carbonyl (C=O) groups is 1. The molecule has 58 valence electrons. The molecule has 0 spiro atoms. The summed E-state index contributed by atoms with van der Waals surface area (Å²) in [6, 6.07) is 6.80. The van der Waals surface area contributed by atoms with Gasteiger partial charge in [-0.1, -0.05) is 24.3 Å². The number of rotatable bonds is 2. The van der Waals surface area contributed by atoms with Crippen LogP contribution in [0.1, 0.15) is 21.4 Å². The summed E-state index contributed by atoms with van der Waals surface area (Å²) in [7, 11) is 0. The highest BCUT2D eigenvalue weighted by atomic mass is 32.1. The van der Waals surface area contributed by atoms with Crippen LogP contribution in [-0.2, 0) is 0 Å². The molecule has 0 saturated heterocycles. The molecule has 0 bridgehead atoms. The number of hydrogen-bond acceptors (Lipinski definition) is 3. The Morgan fingerprint density at radius 2 is 2.09 bits per heavy atom. The highest BCUT2D eigenvalue weighted by molar-refractivity contribution is 7.80. The lowest BCUT2D eigenvalue weighted by atomic mass is 10.1. The maximum absolute atomic E-state index is 10.4. The fourth-order valence-corrected chi connectivity index (χ4v) is 1.09. The number of aliphatic hydroxyl groups excluding tert-OH is 1. The molecule has 1 rings (SSSR count). The van der Waals surface area contributed by atoms with Crippen LogP contribution < -0.4 is 0 Å². The van der Waals surface area contributed by atoms with Crippen molar-refractivity contribution < 1.29 is 9.90 Å². The Balaban J connectivity index is 3.12. The first-order chi connectivity index (χ1) is 5.25. The van der Waals surface area contributed by atoms with Gasteiger partial charge in [0, 0.05) is 11.1 Å². The van der Waals surface area contributed by atoms with E-state index in [2.05, 4.69) is 12.6 Å². The van der Waals surface area contributed by atoms with Gasteiger partial charge >= 0.3 is 0 Å². The molecule has 0 fully saturated rings. The molecule has 3 heteroatoms.